The van der Waals surface area contributed by atoms with Crippen LogP contribution in [0.3, 0.4) is 0 Å². The van der Waals surface area contributed by atoms with Crippen molar-refractivity contribution in [1.29, 1.82) is 0 Å². The van der Waals surface area contributed by atoms with Crippen molar-refractivity contribution in [2.45, 2.75) is 46.0 Å². The highest BCUT2D eigenvalue weighted by atomic mass is 16.1. The van der Waals surface area contributed by atoms with Crippen LogP contribution in [-0.4, -0.2) is 18.9 Å². The Bertz CT molecular complexity index is 177. The summed E-state index contributed by atoms with van der Waals surface area (Å²) in [5.41, 5.74) is 0. The Kier molecular flexibility index (Phi) is 9.49. The van der Waals surface area contributed by atoms with Crippen LogP contribution in [0, 0.1) is 5.92 Å². The van der Waals surface area contributed by atoms with Gasteiger partial charge in [0.1, 0.15) is 5.78 Å². The minimum absolute atomic E-state index is 0.171. The van der Waals surface area contributed by atoms with E-state index < -0.39 is 0 Å². The zero-order valence-corrected chi connectivity index (χ0v) is 10.2. The molecule has 1 unspecified atom stereocenters. The van der Waals surface area contributed by atoms with Gasteiger partial charge in [-0.2, -0.15) is 0 Å². The Morgan fingerprint density at radius 2 is 2.13 bits per heavy atom. The molecule has 1 N–H and O–H groups in total. The minimum atomic E-state index is 0.171. The maximum atomic E-state index is 11.6. The minimum Gasteiger partial charge on any atom is -0.316 e. The number of unbranched alkanes of at least 4 members (excludes halogenated alkanes) is 3. The fraction of sp³-hybridized carbons (Fsp3) is 0.769. The van der Waals surface area contributed by atoms with Gasteiger partial charge < -0.3 is 5.32 Å². The summed E-state index contributed by atoms with van der Waals surface area (Å²) in [6.07, 6.45) is 7.09. The van der Waals surface area contributed by atoms with Gasteiger partial charge in [0.25, 0.3) is 0 Å². The van der Waals surface area contributed by atoms with Crippen LogP contribution in [0.25, 0.3) is 0 Å². The fourth-order valence-electron chi connectivity index (χ4n) is 1.49. The van der Waals surface area contributed by atoms with Crippen LogP contribution in [0.4, 0.5) is 0 Å². The summed E-state index contributed by atoms with van der Waals surface area (Å²) >= 11 is 0. The number of allylic oxidation sites excluding steroid dienone is 1. The molecule has 0 fully saturated rings. The van der Waals surface area contributed by atoms with Crippen molar-refractivity contribution in [3.05, 3.63) is 12.7 Å². The maximum absolute atomic E-state index is 11.6. The number of hydrogen-bond acceptors (Lipinski definition) is 2. The molecule has 2 heteroatoms. The molecular formula is C13H25NO. The third-order valence-electron chi connectivity index (χ3n) is 2.58. The van der Waals surface area contributed by atoms with Gasteiger partial charge in [-0.25, -0.2) is 0 Å². The average Bonchev–Trinajstić information content (AvgIpc) is 2.25. The molecule has 0 radical (unpaired) electrons. The van der Waals surface area contributed by atoms with E-state index >= 15 is 0 Å². The largest absolute Gasteiger partial charge is 0.316 e. The predicted octanol–water partition coefficient (Wildman–Crippen LogP) is 2.94. The highest BCUT2D eigenvalue weighted by Crippen LogP contribution is 2.07. The van der Waals surface area contributed by atoms with E-state index in [4.69, 9.17) is 0 Å². The van der Waals surface area contributed by atoms with E-state index in [1.54, 1.807) is 0 Å². The molecule has 0 bridgehead atoms. The van der Waals surface area contributed by atoms with Crippen LogP contribution in [-0.2, 0) is 4.79 Å². The standard InChI is InChI=1S/C13H25NO/c1-4-6-7-8-9-10-13(15)12(3)11-14-5-2/h4,12,14H,1,5-11H2,2-3H3. The lowest BCUT2D eigenvalue weighted by molar-refractivity contribution is -0.122. The van der Waals surface area contributed by atoms with Gasteiger partial charge in [-0.1, -0.05) is 26.3 Å². The first-order valence-corrected chi connectivity index (χ1v) is 6.06. The molecule has 0 aromatic heterocycles. The van der Waals surface area contributed by atoms with Crippen molar-refractivity contribution in [2.24, 2.45) is 5.92 Å². The van der Waals surface area contributed by atoms with Crippen molar-refractivity contribution in [1.82, 2.24) is 5.32 Å². The lowest BCUT2D eigenvalue weighted by Gasteiger charge is -2.10. The van der Waals surface area contributed by atoms with Crippen molar-refractivity contribution in [3.8, 4) is 0 Å². The number of Topliss-reactive ketones (excluding diaryl/α,β-unsaturated/α-hetero) is 1. The Hall–Kier alpha value is -0.630. The van der Waals surface area contributed by atoms with Crippen LogP contribution >= 0.6 is 0 Å². The van der Waals surface area contributed by atoms with Crippen LogP contribution in [0.15, 0.2) is 12.7 Å². The van der Waals surface area contributed by atoms with Gasteiger partial charge >= 0.3 is 0 Å². The summed E-state index contributed by atoms with van der Waals surface area (Å²) in [5, 5.41) is 3.21. The molecule has 2 nitrogen and oxygen atoms in total. The Labute approximate surface area is 94.1 Å². The van der Waals surface area contributed by atoms with Crippen molar-refractivity contribution < 1.29 is 4.79 Å². The molecule has 1 atom stereocenters. The summed E-state index contributed by atoms with van der Waals surface area (Å²) in [7, 11) is 0. The van der Waals surface area contributed by atoms with Crippen molar-refractivity contribution >= 4 is 5.78 Å². The van der Waals surface area contributed by atoms with Gasteiger partial charge in [0.15, 0.2) is 0 Å². The van der Waals surface area contributed by atoms with Gasteiger partial charge in [-0.05, 0) is 25.8 Å². The first-order valence-electron chi connectivity index (χ1n) is 6.06. The van der Waals surface area contributed by atoms with Gasteiger partial charge in [0, 0.05) is 18.9 Å². The molecule has 0 aliphatic carbocycles. The number of carbonyl (C=O) groups excluding carboxylic acids is 1. The second-order valence-corrected chi connectivity index (χ2v) is 4.06. The Morgan fingerprint density at radius 1 is 1.40 bits per heavy atom. The van der Waals surface area contributed by atoms with Crippen LogP contribution in [0.1, 0.15) is 46.0 Å². The second-order valence-electron chi connectivity index (χ2n) is 4.06. The van der Waals surface area contributed by atoms with Gasteiger partial charge in [-0.15, -0.1) is 6.58 Å². The molecule has 15 heavy (non-hydrogen) atoms. The summed E-state index contributed by atoms with van der Waals surface area (Å²) < 4.78 is 0. The molecule has 0 aliphatic rings. The van der Waals surface area contributed by atoms with Crippen molar-refractivity contribution in [2.75, 3.05) is 13.1 Å². The summed E-state index contributed by atoms with van der Waals surface area (Å²) in [6.45, 7) is 9.51. The monoisotopic (exact) mass is 211 g/mol. The molecule has 0 aromatic rings. The van der Waals surface area contributed by atoms with E-state index in [2.05, 4.69) is 18.8 Å². The predicted molar refractivity (Wildman–Crippen MR) is 66.0 cm³/mol. The zero-order chi connectivity index (χ0) is 11.5. The SMILES string of the molecule is C=CCCCCCC(=O)C(C)CNCC. The Morgan fingerprint density at radius 3 is 2.73 bits per heavy atom. The maximum Gasteiger partial charge on any atom is 0.136 e. The highest BCUT2D eigenvalue weighted by Gasteiger charge is 2.10. The first kappa shape index (κ1) is 14.4. The number of rotatable bonds is 10. The normalized spacial score (nSPS) is 12.4. The van der Waals surface area contributed by atoms with E-state index in [1.807, 2.05) is 13.0 Å². The molecule has 0 saturated heterocycles. The van der Waals surface area contributed by atoms with E-state index in [1.165, 1.54) is 6.42 Å². The molecule has 0 saturated carbocycles. The van der Waals surface area contributed by atoms with Crippen molar-refractivity contribution in [3.63, 3.8) is 0 Å². The van der Waals surface area contributed by atoms with Gasteiger partial charge in [0.2, 0.25) is 0 Å². The highest BCUT2D eigenvalue weighted by molar-refractivity contribution is 5.80. The summed E-state index contributed by atoms with van der Waals surface area (Å²) in [6, 6.07) is 0. The zero-order valence-electron chi connectivity index (χ0n) is 10.2. The molecule has 0 aliphatic heterocycles. The molecule has 0 amide bonds. The number of ketones is 1. The number of nitrogens with one attached hydrogen (secondary N) is 1. The number of carbonyl (C=O) groups is 1. The molecule has 0 spiro atoms. The lowest BCUT2D eigenvalue weighted by Crippen LogP contribution is -2.26. The van der Waals surface area contributed by atoms with E-state index in [9.17, 15) is 4.79 Å². The summed E-state index contributed by atoms with van der Waals surface area (Å²) in [5.74, 6) is 0.568. The summed E-state index contributed by atoms with van der Waals surface area (Å²) in [4.78, 5) is 11.6. The third kappa shape index (κ3) is 8.37. The molecular weight excluding hydrogens is 186 g/mol. The lowest BCUT2D eigenvalue weighted by atomic mass is 10.0. The molecule has 0 rings (SSSR count). The van der Waals surface area contributed by atoms with Crippen LogP contribution in [0.5, 0.6) is 0 Å². The van der Waals surface area contributed by atoms with Gasteiger partial charge in [0.05, 0.1) is 0 Å². The molecule has 0 heterocycles. The average molecular weight is 211 g/mol. The van der Waals surface area contributed by atoms with Crippen LogP contribution < -0.4 is 5.32 Å². The van der Waals surface area contributed by atoms with E-state index in [0.717, 1.165) is 38.8 Å². The molecule has 88 valence electrons. The Balaban J connectivity index is 3.42. The first-order chi connectivity index (χ1) is 7.22. The van der Waals surface area contributed by atoms with E-state index in [0.29, 0.717) is 5.78 Å². The smallest absolute Gasteiger partial charge is 0.136 e. The number of hydrogen-bond donors (Lipinski definition) is 1. The van der Waals surface area contributed by atoms with E-state index in [-0.39, 0.29) is 5.92 Å². The second kappa shape index (κ2) is 9.91. The quantitative estimate of drug-likeness (QED) is 0.444. The van der Waals surface area contributed by atoms with Gasteiger partial charge in [-0.3, -0.25) is 4.79 Å². The van der Waals surface area contributed by atoms with Crippen LogP contribution in [0.2, 0.25) is 0 Å². The topological polar surface area (TPSA) is 29.1 Å². The fourth-order valence-corrected chi connectivity index (χ4v) is 1.49. The molecule has 0 aromatic carbocycles. The third-order valence-corrected chi connectivity index (χ3v) is 2.58.